The van der Waals surface area contributed by atoms with E-state index in [0.29, 0.717) is 22.7 Å². The highest BCUT2D eigenvalue weighted by Crippen LogP contribution is 2.31. The molecule has 0 saturated carbocycles. The van der Waals surface area contributed by atoms with Crippen LogP contribution in [0.5, 0.6) is 5.75 Å². The molecule has 3 amide bonds. The lowest BCUT2D eigenvalue weighted by Gasteiger charge is -2.34. The van der Waals surface area contributed by atoms with Crippen LogP contribution < -0.4 is 15.4 Å². The number of anilines is 2. The first-order valence-electron chi connectivity index (χ1n) is 9.98. The number of nitrogens with one attached hydrogen (secondary N) is 2. The molecule has 2 aliphatic heterocycles. The van der Waals surface area contributed by atoms with Crippen LogP contribution in [0.3, 0.4) is 0 Å². The van der Waals surface area contributed by atoms with Crippen LogP contribution in [0.1, 0.15) is 17.3 Å². The van der Waals surface area contributed by atoms with Crippen molar-refractivity contribution in [1.29, 1.82) is 0 Å². The van der Waals surface area contributed by atoms with Crippen LogP contribution in [0.15, 0.2) is 47.4 Å². The number of hydrogen-bond donors (Lipinski definition) is 2. The Balaban J connectivity index is 1.44. The van der Waals surface area contributed by atoms with Gasteiger partial charge in [-0.25, -0.2) is 8.42 Å². The van der Waals surface area contributed by atoms with Gasteiger partial charge in [-0.05, 0) is 36.4 Å². The molecule has 1 saturated heterocycles. The number of rotatable bonds is 4. The van der Waals surface area contributed by atoms with E-state index in [9.17, 15) is 22.8 Å². The predicted octanol–water partition coefficient (Wildman–Crippen LogP) is 1.12. The summed E-state index contributed by atoms with van der Waals surface area (Å²) in [6.07, 6.45) is 0. The highest BCUT2D eigenvalue weighted by molar-refractivity contribution is 7.89. The summed E-state index contributed by atoms with van der Waals surface area (Å²) < 4.78 is 32.7. The number of ether oxygens (including phenoxy) is 1. The van der Waals surface area contributed by atoms with Gasteiger partial charge in [0.1, 0.15) is 5.75 Å². The first-order chi connectivity index (χ1) is 15.2. The van der Waals surface area contributed by atoms with Crippen molar-refractivity contribution in [2.24, 2.45) is 0 Å². The monoisotopic (exact) mass is 458 g/mol. The molecule has 11 heteroatoms. The molecule has 0 aliphatic carbocycles. The van der Waals surface area contributed by atoms with E-state index in [4.69, 9.17) is 4.74 Å². The summed E-state index contributed by atoms with van der Waals surface area (Å²) in [5.74, 6) is -0.396. The van der Waals surface area contributed by atoms with Crippen LogP contribution >= 0.6 is 0 Å². The number of nitrogens with zero attached hydrogens (tertiary/aromatic N) is 2. The van der Waals surface area contributed by atoms with Crippen LogP contribution in [0.2, 0.25) is 0 Å². The molecule has 1 fully saturated rings. The number of fused-ring (bicyclic) bond motifs is 1. The molecule has 0 atom stereocenters. The van der Waals surface area contributed by atoms with E-state index in [2.05, 4.69) is 10.6 Å². The molecule has 0 aromatic heterocycles. The van der Waals surface area contributed by atoms with Gasteiger partial charge >= 0.3 is 0 Å². The van der Waals surface area contributed by atoms with Gasteiger partial charge < -0.3 is 20.3 Å². The first-order valence-corrected chi connectivity index (χ1v) is 11.4. The topological polar surface area (TPSA) is 125 Å². The minimum atomic E-state index is -3.81. The van der Waals surface area contributed by atoms with Gasteiger partial charge in [-0.15, -0.1) is 0 Å². The molecule has 0 spiro atoms. The van der Waals surface area contributed by atoms with Crippen molar-refractivity contribution in [1.82, 2.24) is 9.21 Å². The van der Waals surface area contributed by atoms with E-state index in [-0.39, 0.29) is 55.4 Å². The Labute approximate surface area is 185 Å². The van der Waals surface area contributed by atoms with Gasteiger partial charge in [0.2, 0.25) is 15.9 Å². The van der Waals surface area contributed by atoms with Gasteiger partial charge in [0, 0.05) is 44.4 Å². The molecular weight excluding hydrogens is 436 g/mol. The largest absolute Gasteiger partial charge is 0.482 e. The summed E-state index contributed by atoms with van der Waals surface area (Å²) in [5, 5.41) is 5.25. The van der Waals surface area contributed by atoms with Gasteiger partial charge in [0.25, 0.3) is 11.8 Å². The molecule has 2 aromatic rings. The van der Waals surface area contributed by atoms with Crippen LogP contribution in [0.25, 0.3) is 0 Å². The van der Waals surface area contributed by atoms with Crippen molar-refractivity contribution in [3.8, 4) is 5.75 Å². The van der Waals surface area contributed by atoms with Crippen LogP contribution in [0.4, 0.5) is 11.4 Å². The molecule has 2 N–H and O–H groups in total. The first kappa shape index (κ1) is 21.8. The van der Waals surface area contributed by atoms with E-state index < -0.39 is 10.0 Å². The maximum atomic E-state index is 13.1. The Kier molecular flexibility index (Phi) is 5.85. The fourth-order valence-corrected chi connectivity index (χ4v) is 5.07. The quantitative estimate of drug-likeness (QED) is 0.708. The normalized spacial score (nSPS) is 16.5. The summed E-state index contributed by atoms with van der Waals surface area (Å²) in [6.45, 7) is 2.01. The van der Waals surface area contributed by atoms with Crippen LogP contribution in [-0.4, -0.2) is 68.1 Å². The van der Waals surface area contributed by atoms with E-state index in [0.717, 1.165) is 0 Å². The number of benzene rings is 2. The smallest absolute Gasteiger partial charge is 0.262 e. The predicted molar refractivity (Wildman–Crippen MR) is 116 cm³/mol. The third-order valence-corrected chi connectivity index (χ3v) is 7.07. The average molecular weight is 458 g/mol. The highest BCUT2D eigenvalue weighted by Gasteiger charge is 2.31. The number of carbonyl (C=O) groups excluding carboxylic acids is 3. The Morgan fingerprint density at radius 2 is 1.81 bits per heavy atom. The summed E-state index contributed by atoms with van der Waals surface area (Å²) in [5.41, 5.74) is 1.25. The summed E-state index contributed by atoms with van der Waals surface area (Å²) in [4.78, 5) is 37.2. The van der Waals surface area contributed by atoms with Crippen LogP contribution in [0, 0.1) is 0 Å². The molecule has 0 unspecified atom stereocenters. The van der Waals surface area contributed by atoms with Gasteiger partial charge in [-0.2, -0.15) is 4.31 Å². The summed E-state index contributed by atoms with van der Waals surface area (Å²) in [6, 6.07) is 11.0. The lowest BCUT2D eigenvalue weighted by molar-refractivity contribution is -0.118. The Morgan fingerprint density at radius 1 is 1.06 bits per heavy atom. The second-order valence-electron chi connectivity index (χ2n) is 7.45. The number of hydrogen-bond acceptors (Lipinski definition) is 6. The van der Waals surface area contributed by atoms with Crippen molar-refractivity contribution in [2.75, 3.05) is 43.4 Å². The van der Waals surface area contributed by atoms with E-state index in [1.165, 1.54) is 29.4 Å². The maximum Gasteiger partial charge on any atom is 0.262 e. The summed E-state index contributed by atoms with van der Waals surface area (Å²) >= 11 is 0. The van der Waals surface area contributed by atoms with Crippen molar-refractivity contribution < 1.29 is 27.5 Å². The fraction of sp³-hybridized carbons (Fsp3) is 0.286. The number of amides is 3. The highest BCUT2D eigenvalue weighted by atomic mass is 32.2. The molecule has 4 rings (SSSR count). The SMILES string of the molecule is CC(=O)Nc1cccc(C(=O)N2CCN(S(=O)(=O)c3ccc4c(c3)NC(=O)CO4)CC2)c1. The molecular formula is C21H22N4O6S. The lowest BCUT2D eigenvalue weighted by atomic mass is 10.1. The number of piperazine rings is 1. The van der Waals surface area contributed by atoms with E-state index in [1.54, 1.807) is 29.2 Å². The Bertz CT molecular complexity index is 1190. The molecule has 10 nitrogen and oxygen atoms in total. The van der Waals surface area contributed by atoms with Crippen molar-refractivity contribution in [2.45, 2.75) is 11.8 Å². The number of sulfonamides is 1. The lowest BCUT2D eigenvalue weighted by Crippen LogP contribution is -2.50. The molecule has 0 radical (unpaired) electrons. The zero-order valence-electron chi connectivity index (χ0n) is 17.3. The van der Waals surface area contributed by atoms with Gasteiger partial charge in [-0.1, -0.05) is 6.07 Å². The van der Waals surface area contributed by atoms with Crippen molar-refractivity contribution >= 4 is 39.1 Å². The zero-order valence-corrected chi connectivity index (χ0v) is 18.1. The van der Waals surface area contributed by atoms with Gasteiger partial charge in [-0.3, -0.25) is 14.4 Å². The second kappa shape index (κ2) is 8.60. The van der Waals surface area contributed by atoms with Crippen molar-refractivity contribution in [3.05, 3.63) is 48.0 Å². The van der Waals surface area contributed by atoms with E-state index >= 15 is 0 Å². The fourth-order valence-electron chi connectivity index (χ4n) is 3.62. The standard InChI is InChI=1S/C21H22N4O6S/c1-14(26)22-16-4-2-3-15(11-16)21(28)24-7-9-25(10-8-24)32(29,30)17-5-6-19-18(12-17)23-20(27)13-31-19/h2-6,11-12H,7-10,13H2,1H3,(H,22,26)(H,23,27). The Morgan fingerprint density at radius 3 is 2.53 bits per heavy atom. The molecule has 2 heterocycles. The van der Waals surface area contributed by atoms with Crippen LogP contribution in [-0.2, 0) is 19.6 Å². The molecule has 168 valence electrons. The van der Waals surface area contributed by atoms with Gasteiger partial charge in [0.05, 0.1) is 10.6 Å². The average Bonchev–Trinajstić information content (AvgIpc) is 2.78. The molecule has 0 bridgehead atoms. The second-order valence-corrected chi connectivity index (χ2v) is 9.39. The summed E-state index contributed by atoms with van der Waals surface area (Å²) in [7, 11) is -3.81. The third-order valence-electron chi connectivity index (χ3n) is 5.18. The van der Waals surface area contributed by atoms with Crippen molar-refractivity contribution in [3.63, 3.8) is 0 Å². The Hall–Kier alpha value is -3.44. The molecule has 32 heavy (non-hydrogen) atoms. The van der Waals surface area contributed by atoms with Gasteiger partial charge in [0.15, 0.2) is 6.61 Å². The number of carbonyl (C=O) groups is 3. The zero-order chi connectivity index (χ0) is 22.9. The minimum absolute atomic E-state index is 0.0461. The molecule has 2 aliphatic rings. The third kappa shape index (κ3) is 4.43. The van der Waals surface area contributed by atoms with E-state index in [1.807, 2.05) is 0 Å². The minimum Gasteiger partial charge on any atom is -0.482 e. The molecule has 2 aromatic carbocycles. The maximum absolute atomic E-state index is 13.1.